The summed E-state index contributed by atoms with van der Waals surface area (Å²) >= 11 is 11.2. The topological polar surface area (TPSA) is 130 Å². The number of carbonyl (C=O) groups is 3. The molecule has 2 aromatic rings. The largest absolute Gasteiger partial charge is 0.496 e. The Morgan fingerprint density at radius 2 is 1.30 bits per heavy atom. The summed E-state index contributed by atoms with van der Waals surface area (Å²) in [7, 11) is 2.66. The summed E-state index contributed by atoms with van der Waals surface area (Å²) in [6, 6.07) is 7.02. The summed E-state index contributed by atoms with van der Waals surface area (Å²) < 4.78 is 9.57. The minimum Gasteiger partial charge on any atom is -0.496 e. The molecule has 0 bridgehead atoms. The van der Waals surface area contributed by atoms with Crippen LogP contribution in [0.5, 0.6) is 11.5 Å². The molecule has 0 saturated carbocycles. The molecule has 0 radical (unpaired) electrons. The van der Waals surface area contributed by atoms with E-state index in [0.29, 0.717) is 10.8 Å². The summed E-state index contributed by atoms with van der Waals surface area (Å²) in [4.78, 5) is 32.3. The van der Waals surface area contributed by atoms with Crippen LogP contribution in [0, 0.1) is 0 Å². The number of rotatable bonds is 5. The second-order valence-corrected chi connectivity index (χ2v) is 5.60. The van der Waals surface area contributed by atoms with Crippen LogP contribution in [0.15, 0.2) is 30.3 Å². The normalized spacial score (nSPS) is 9.63. The molecule has 2 rings (SSSR count). The van der Waals surface area contributed by atoms with Gasteiger partial charge >= 0.3 is 17.9 Å². The zero-order valence-corrected chi connectivity index (χ0v) is 15.5. The molecule has 144 valence electrons. The highest BCUT2D eigenvalue weighted by Gasteiger charge is 2.24. The second kappa shape index (κ2) is 9.65. The Morgan fingerprint density at radius 1 is 0.778 bits per heavy atom. The first-order chi connectivity index (χ1) is 12.6. The van der Waals surface area contributed by atoms with Crippen molar-refractivity contribution < 1.29 is 39.2 Å². The Bertz CT molecular complexity index is 879. The van der Waals surface area contributed by atoms with Gasteiger partial charge in [0.05, 0.1) is 24.8 Å². The van der Waals surface area contributed by atoms with E-state index in [4.69, 9.17) is 48.0 Å². The van der Waals surface area contributed by atoms with Crippen molar-refractivity contribution in [1.82, 2.24) is 0 Å². The molecule has 3 N–H and O–H groups in total. The summed E-state index contributed by atoms with van der Waals surface area (Å²) in [6.07, 6.45) is 0. The van der Waals surface area contributed by atoms with Crippen molar-refractivity contribution in [2.24, 2.45) is 0 Å². The number of carboxylic acids is 3. The lowest BCUT2D eigenvalue weighted by atomic mass is 10.1. The van der Waals surface area contributed by atoms with E-state index in [2.05, 4.69) is 0 Å². The van der Waals surface area contributed by atoms with Gasteiger partial charge in [0.25, 0.3) is 0 Å². The number of methoxy groups -OCH3 is 2. The van der Waals surface area contributed by atoms with Crippen molar-refractivity contribution in [3.63, 3.8) is 0 Å². The van der Waals surface area contributed by atoms with Gasteiger partial charge in [-0.3, -0.25) is 0 Å². The maximum absolute atomic E-state index is 10.9. The van der Waals surface area contributed by atoms with Gasteiger partial charge in [-0.2, -0.15) is 0 Å². The van der Waals surface area contributed by atoms with E-state index in [1.165, 1.54) is 38.5 Å². The fourth-order valence-corrected chi connectivity index (χ4v) is 2.41. The van der Waals surface area contributed by atoms with E-state index in [0.717, 1.165) is 0 Å². The molecule has 0 saturated heterocycles. The smallest absolute Gasteiger partial charge is 0.340 e. The van der Waals surface area contributed by atoms with Gasteiger partial charge in [-0.15, -0.1) is 0 Å². The summed E-state index contributed by atoms with van der Waals surface area (Å²) in [6.45, 7) is 0. The monoisotopic (exact) mass is 416 g/mol. The maximum Gasteiger partial charge on any atom is 0.340 e. The van der Waals surface area contributed by atoms with Gasteiger partial charge in [-0.1, -0.05) is 23.2 Å². The number of halogens is 2. The summed E-state index contributed by atoms with van der Waals surface area (Å²) in [5, 5.41) is 26.6. The molecule has 0 aliphatic carbocycles. The lowest BCUT2D eigenvalue weighted by Gasteiger charge is -2.08. The fraction of sp³-hybridized carbons (Fsp3) is 0.118. The van der Waals surface area contributed by atoms with E-state index in [1.54, 1.807) is 6.07 Å². The maximum atomic E-state index is 10.9. The van der Waals surface area contributed by atoms with Crippen LogP contribution in [0.25, 0.3) is 0 Å². The van der Waals surface area contributed by atoms with Crippen LogP contribution in [-0.4, -0.2) is 47.4 Å². The first kappa shape index (κ1) is 22.1. The molecule has 0 aliphatic heterocycles. The lowest BCUT2D eigenvalue weighted by molar-refractivity contribution is 0.0648. The highest BCUT2D eigenvalue weighted by molar-refractivity contribution is 6.34. The average molecular weight is 417 g/mol. The third kappa shape index (κ3) is 5.50. The molecule has 8 nitrogen and oxygen atoms in total. The first-order valence-electron chi connectivity index (χ1n) is 7.03. The lowest BCUT2D eigenvalue weighted by Crippen LogP contribution is -2.10. The average Bonchev–Trinajstić information content (AvgIpc) is 2.61. The van der Waals surface area contributed by atoms with E-state index in [-0.39, 0.29) is 16.3 Å². The van der Waals surface area contributed by atoms with Gasteiger partial charge < -0.3 is 24.8 Å². The van der Waals surface area contributed by atoms with E-state index >= 15 is 0 Å². The van der Waals surface area contributed by atoms with Gasteiger partial charge in [0, 0.05) is 5.02 Å². The molecule has 0 spiro atoms. The molecule has 0 unspecified atom stereocenters. The molecule has 10 heteroatoms. The van der Waals surface area contributed by atoms with Gasteiger partial charge in [0.2, 0.25) is 0 Å². The predicted octanol–water partition coefficient (Wildman–Crippen LogP) is 3.79. The van der Waals surface area contributed by atoms with E-state index in [1.807, 2.05) is 0 Å². The van der Waals surface area contributed by atoms with Crippen molar-refractivity contribution in [3.05, 3.63) is 57.1 Å². The highest BCUT2D eigenvalue weighted by atomic mass is 35.5. The number of carboxylic acid groups (broad SMARTS) is 3. The minimum absolute atomic E-state index is 0.0377. The van der Waals surface area contributed by atoms with Gasteiger partial charge in [0.15, 0.2) is 0 Å². The molecular formula is C17H14Cl2O8. The van der Waals surface area contributed by atoms with Crippen molar-refractivity contribution in [1.29, 1.82) is 0 Å². The highest BCUT2D eigenvalue weighted by Crippen LogP contribution is 2.28. The van der Waals surface area contributed by atoms with Crippen LogP contribution in [0.2, 0.25) is 10.0 Å². The zero-order chi connectivity index (χ0) is 20.7. The first-order valence-corrected chi connectivity index (χ1v) is 7.79. The number of benzene rings is 2. The molecular weight excluding hydrogens is 403 g/mol. The van der Waals surface area contributed by atoms with Gasteiger partial charge in [-0.05, 0) is 30.3 Å². The quantitative estimate of drug-likeness (QED) is 0.670. The molecule has 2 aromatic carbocycles. The summed E-state index contributed by atoms with van der Waals surface area (Å²) in [5.74, 6) is -3.58. The third-order valence-corrected chi connectivity index (χ3v) is 3.71. The Morgan fingerprint density at radius 3 is 1.74 bits per heavy atom. The number of hydrogen-bond acceptors (Lipinski definition) is 5. The Hall–Kier alpha value is -2.97. The number of aromatic carboxylic acids is 3. The van der Waals surface area contributed by atoms with Crippen molar-refractivity contribution in [3.8, 4) is 11.5 Å². The second-order valence-electron chi connectivity index (χ2n) is 4.76. The standard InChI is InChI=1S/C9H7ClO5.C8H7ClO3/c1-15-5-3-2-4(10)6(8(11)12)7(5)9(13)14;1-12-7-3-2-5(9)4-6(7)8(10)11/h2-3H,1H3,(H,11,12)(H,13,14);2-4H,1H3,(H,10,11). The molecule has 0 aromatic heterocycles. The molecule has 0 atom stereocenters. The SMILES string of the molecule is COc1ccc(Cl)c(C(=O)O)c1C(=O)O.COc1ccc(Cl)cc1C(=O)O. The van der Waals surface area contributed by atoms with Crippen LogP contribution < -0.4 is 9.47 Å². The van der Waals surface area contributed by atoms with Crippen LogP contribution in [0.3, 0.4) is 0 Å². The van der Waals surface area contributed by atoms with Crippen molar-refractivity contribution in [2.45, 2.75) is 0 Å². The molecule has 0 fully saturated rings. The Kier molecular flexibility index (Phi) is 7.89. The van der Waals surface area contributed by atoms with Gasteiger partial charge in [0.1, 0.15) is 22.6 Å². The molecule has 0 heterocycles. The number of hydrogen-bond donors (Lipinski definition) is 3. The Balaban J connectivity index is 0.000000277. The van der Waals surface area contributed by atoms with Crippen LogP contribution in [0.4, 0.5) is 0 Å². The molecule has 0 aliphatic rings. The van der Waals surface area contributed by atoms with Crippen molar-refractivity contribution in [2.75, 3.05) is 14.2 Å². The van der Waals surface area contributed by atoms with Gasteiger partial charge in [-0.25, -0.2) is 14.4 Å². The predicted molar refractivity (Wildman–Crippen MR) is 96.9 cm³/mol. The zero-order valence-electron chi connectivity index (χ0n) is 14.0. The number of ether oxygens (including phenoxy) is 2. The van der Waals surface area contributed by atoms with Crippen LogP contribution in [0.1, 0.15) is 31.1 Å². The van der Waals surface area contributed by atoms with E-state index in [9.17, 15) is 14.4 Å². The van der Waals surface area contributed by atoms with Crippen LogP contribution >= 0.6 is 23.2 Å². The molecule has 0 amide bonds. The summed E-state index contributed by atoms with van der Waals surface area (Å²) in [5.41, 5.74) is -0.842. The Labute approximate surface area is 163 Å². The van der Waals surface area contributed by atoms with Crippen LogP contribution in [-0.2, 0) is 0 Å². The minimum atomic E-state index is -1.41. The van der Waals surface area contributed by atoms with Crippen molar-refractivity contribution >= 4 is 41.1 Å². The fourth-order valence-electron chi connectivity index (χ4n) is 2.00. The third-order valence-electron chi connectivity index (χ3n) is 3.16. The van der Waals surface area contributed by atoms with E-state index < -0.39 is 29.0 Å². The molecule has 27 heavy (non-hydrogen) atoms.